The largest absolute Gasteiger partial charge is 0.364 e. The molecule has 0 unspecified atom stereocenters. The van der Waals surface area contributed by atoms with Gasteiger partial charge in [0.2, 0.25) is 0 Å². The van der Waals surface area contributed by atoms with Crippen molar-refractivity contribution in [2.45, 2.75) is 24.8 Å². The summed E-state index contributed by atoms with van der Waals surface area (Å²) < 4.78 is 27.6. The Bertz CT molecular complexity index is 1910. The van der Waals surface area contributed by atoms with Crippen molar-refractivity contribution in [1.82, 2.24) is 19.7 Å². The van der Waals surface area contributed by atoms with E-state index in [4.69, 9.17) is 5.73 Å². The number of aryl methyl sites for hydroxylation is 1. The molecule has 1 aliphatic heterocycles. The van der Waals surface area contributed by atoms with Crippen LogP contribution in [0.25, 0.3) is 33.3 Å². The molecule has 0 atom stereocenters. The Labute approximate surface area is 239 Å². The molecule has 0 aliphatic carbocycles. The molecule has 2 aromatic heterocycles. The summed E-state index contributed by atoms with van der Waals surface area (Å²) in [5.41, 5.74) is 14.2. The average molecular weight is 566 g/mol. The quantitative estimate of drug-likeness (QED) is 0.296. The van der Waals surface area contributed by atoms with Crippen LogP contribution in [-0.2, 0) is 16.4 Å². The van der Waals surface area contributed by atoms with Crippen LogP contribution in [0.4, 0.5) is 0 Å². The molecule has 1 amide bonds. The lowest BCUT2D eigenvalue weighted by Crippen LogP contribution is -2.19. The molecule has 3 aromatic carbocycles. The number of rotatable bonds is 7. The van der Waals surface area contributed by atoms with E-state index >= 15 is 0 Å². The van der Waals surface area contributed by atoms with Crippen molar-refractivity contribution in [3.63, 3.8) is 0 Å². The second-order valence-electron chi connectivity index (χ2n) is 10.5. The summed E-state index contributed by atoms with van der Waals surface area (Å²) in [5, 5.41) is 8.96. The molecule has 5 aromatic rings. The highest BCUT2D eigenvalue weighted by molar-refractivity contribution is 7.90. The number of hydrogen-bond acceptors (Lipinski definition) is 5. The standard InChI is InChI=1S/C32H31N5O3S/c1-21-17-30(32(33)38)35-37(21)26-9-12-31-28(18-26)29(25-13-15-34-16-14-25)20-36(31)19-22-3-5-23(6-4-22)24-7-10-27(11-8-24)41(2,39)40/h3-13,17-18,20,34H,14-16,19H2,1-2H3,(H2,33,38). The van der Waals surface area contributed by atoms with Crippen molar-refractivity contribution >= 4 is 32.2 Å². The minimum Gasteiger partial charge on any atom is -0.364 e. The fourth-order valence-corrected chi connectivity index (χ4v) is 6.05. The highest BCUT2D eigenvalue weighted by Gasteiger charge is 2.17. The molecule has 0 saturated heterocycles. The zero-order chi connectivity index (χ0) is 28.7. The van der Waals surface area contributed by atoms with Gasteiger partial charge in [0.25, 0.3) is 5.91 Å². The van der Waals surface area contributed by atoms with Gasteiger partial charge >= 0.3 is 0 Å². The third-order valence-corrected chi connectivity index (χ3v) is 8.71. The number of fused-ring (bicyclic) bond motifs is 1. The lowest BCUT2D eigenvalue weighted by atomic mass is 9.99. The van der Waals surface area contributed by atoms with Gasteiger partial charge in [0, 0.05) is 47.7 Å². The number of amides is 1. The predicted octanol–water partition coefficient (Wildman–Crippen LogP) is 4.73. The van der Waals surface area contributed by atoms with E-state index in [1.54, 1.807) is 22.9 Å². The van der Waals surface area contributed by atoms with Crippen molar-refractivity contribution in [2.75, 3.05) is 19.3 Å². The Hall–Kier alpha value is -4.47. The molecular weight excluding hydrogens is 534 g/mol. The molecule has 0 spiro atoms. The molecule has 8 nitrogen and oxygen atoms in total. The molecule has 0 bridgehead atoms. The van der Waals surface area contributed by atoms with Crippen molar-refractivity contribution in [3.05, 3.63) is 108 Å². The molecule has 0 fully saturated rings. The van der Waals surface area contributed by atoms with Gasteiger partial charge in [0.05, 0.1) is 10.6 Å². The van der Waals surface area contributed by atoms with Crippen LogP contribution in [0.3, 0.4) is 0 Å². The number of primary amides is 1. The number of nitrogens with zero attached hydrogens (tertiary/aromatic N) is 3. The highest BCUT2D eigenvalue weighted by Crippen LogP contribution is 2.33. The summed E-state index contributed by atoms with van der Waals surface area (Å²) in [6.45, 7) is 4.38. The van der Waals surface area contributed by atoms with E-state index in [0.29, 0.717) is 11.4 Å². The van der Waals surface area contributed by atoms with Gasteiger partial charge in [-0.05, 0) is 78.6 Å². The molecule has 1 aliphatic rings. The van der Waals surface area contributed by atoms with Crippen molar-refractivity contribution in [1.29, 1.82) is 0 Å². The SMILES string of the molecule is Cc1cc(C(N)=O)nn1-c1ccc2c(c1)c(C1=CCNCC1)cn2Cc1ccc(-c2ccc(S(C)(=O)=O)cc2)cc1. The van der Waals surface area contributed by atoms with Crippen LogP contribution in [0.5, 0.6) is 0 Å². The van der Waals surface area contributed by atoms with Gasteiger partial charge in [-0.25, -0.2) is 13.1 Å². The molecule has 41 heavy (non-hydrogen) atoms. The van der Waals surface area contributed by atoms with Crippen LogP contribution >= 0.6 is 0 Å². The molecule has 208 valence electrons. The number of nitrogens with one attached hydrogen (secondary N) is 1. The predicted molar refractivity (Wildman–Crippen MR) is 162 cm³/mol. The third-order valence-electron chi connectivity index (χ3n) is 7.58. The average Bonchev–Trinajstić information content (AvgIpc) is 3.54. The Balaban J connectivity index is 1.35. The van der Waals surface area contributed by atoms with Crippen molar-refractivity contribution in [2.24, 2.45) is 5.73 Å². The Morgan fingerprint density at radius 2 is 1.71 bits per heavy atom. The minimum atomic E-state index is -3.22. The second-order valence-corrected chi connectivity index (χ2v) is 12.5. The summed E-state index contributed by atoms with van der Waals surface area (Å²) in [7, 11) is -3.22. The third kappa shape index (κ3) is 5.33. The van der Waals surface area contributed by atoms with Gasteiger partial charge in [-0.15, -0.1) is 0 Å². The van der Waals surface area contributed by atoms with Gasteiger partial charge in [-0.2, -0.15) is 5.10 Å². The number of benzene rings is 3. The van der Waals surface area contributed by atoms with E-state index in [1.165, 1.54) is 17.4 Å². The van der Waals surface area contributed by atoms with E-state index in [1.807, 2.05) is 25.1 Å². The van der Waals surface area contributed by atoms with Gasteiger partial charge < -0.3 is 15.6 Å². The molecule has 6 rings (SSSR count). The Morgan fingerprint density at radius 1 is 1.00 bits per heavy atom. The van der Waals surface area contributed by atoms with E-state index in [0.717, 1.165) is 58.5 Å². The zero-order valence-electron chi connectivity index (χ0n) is 23.0. The summed E-state index contributed by atoms with van der Waals surface area (Å²) in [5.74, 6) is -0.545. The molecule has 0 radical (unpaired) electrons. The monoisotopic (exact) mass is 565 g/mol. The maximum Gasteiger partial charge on any atom is 0.269 e. The van der Waals surface area contributed by atoms with E-state index < -0.39 is 15.7 Å². The Kier molecular flexibility index (Phi) is 6.84. The van der Waals surface area contributed by atoms with E-state index in [2.05, 4.69) is 63.7 Å². The molecule has 0 saturated carbocycles. The minimum absolute atomic E-state index is 0.247. The van der Waals surface area contributed by atoms with E-state index in [-0.39, 0.29) is 5.69 Å². The summed E-state index contributed by atoms with van der Waals surface area (Å²) >= 11 is 0. The van der Waals surface area contributed by atoms with Crippen molar-refractivity contribution in [3.8, 4) is 16.8 Å². The van der Waals surface area contributed by atoms with Crippen molar-refractivity contribution < 1.29 is 13.2 Å². The molecule has 3 heterocycles. The van der Waals surface area contributed by atoms with Gasteiger partial charge in [0.1, 0.15) is 0 Å². The highest BCUT2D eigenvalue weighted by atomic mass is 32.2. The van der Waals surface area contributed by atoms with Gasteiger partial charge in [-0.1, -0.05) is 42.5 Å². The number of nitrogens with two attached hydrogens (primary N) is 1. The van der Waals surface area contributed by atoms with Gasteiger partial charge in [0.15, 0.2) is 15.5 Å². The molecular formula is C32H31N5O3S. The zero-order valence-corrected chi connectivity index (χ0v) is 23.8. The summed E-state index contributed by atoms with van der Waals surface area (Å²) in [4.78, 5) is 12.0. The first kappa shape index (κ1) is 26.7. The summed E-state index contributed by atoms with van der Waals surface area (Å²) in [6.07, 6.45) is 6.65. The first-order chi connectivity index (χ1) is 19.7. The van der Waals surface area contributed by atoms with Crippen LogP contribution < -0.4 is 11.1 Å². The smallest absolute Gasteiger partial charge is 0.269 e. The number of carbonyl (C=O) groups is 1. The van der Waals surface area contributed by atoms with Crippen LogP contribution in [0, 0.1) is 6.92 Å². The first-order valence-electron chi connectivity index (χ1n) is 13.5. The Morgan fingerprint density at radius 3 is 2.32 bits per heavy atom. The van der Waals surface area contributed by atoms with Crippen LogP contribution in [-0.4, -0.2) is 48.0 Å². The molecule has 9 heteroatoms. The number of aromatic nitrogens is 3. The van der Waals surface area contributed by atoms with Crippen LogP contribution in [0.2, 0.25) is 0 Å². The normalized spacial score (nSPS) is 13.9. The lowest BCUT2D eigenvalue weighted by Gasteiger charge is -2.13. The number of carbonyl (C=O) groups excluding carboxylic acids is 1. The number of sulfone groups is 1. The first-order valence-corrected chi connectivity index (χ1v) is 15.4. The van der Waals surface area contributed by atoms with E-state index in [9.17, 15) is 13.2 Å². The van der Waals surface area contributed by atoms with Crippen LogP contribution in [0.15, 0.2) is 90.0 Å². The molecule has 3 N–H and O–H groups in total. The summed E-state index contributed by atoms with van der Waals surface area (Å²) in [6, 6.07) is 23.3. The fourth-order valence-electron chi connectivity index (χ4n) is 5.42. The maximum absolute atomic E-state index is 11.8. The lowest BCUT2D eigenvalue weighted by molar-refractivity contribution is 0.0995. The number of hydrogen-bond donors (Lipinski definition) is 2. The topological polar surface area (TPSA) is 112 Å². The second kappa shape index (κ2) is 10.5. The van der Waals surface area contributed by atoms with Gasteiger partial charge in [-0.3, -0.25) is 4.79 Å². The maximum atomic E-state index is 11.8. The van der Waals surface area contributed by atoms with Crippen LogP contribution in [0.1, 0.15) is 33.7 Å². The fraction of sp³-hybridized carbons (Fsp3) is 0.188.